The number of esters is 1. The smallest absolute Gasteiger partial charge is 0.338 e. The highest BCUT2D eigenvalue weighted by Gasteiger charge is 2.05. The van der Waals surface area contributed by atoms with Gasteiger partial charge >= 0.3 is 5.97 Å². The summed E-state index contributed by atoms with van der Waals surface area (Å²) in [6.45, 7) is 5.78. The molecule has 0 saturated heterocycles. The fourth-order valence-corrected chi connectivity index (χ4v) is 3.47. The molecule has 2 rings (SSSR count). The van der Waals surface area contributed by atoms with E-state index in [0.29, 0.717) is 51.8 Å². The Hall–Kier alpha value is -2.41. The highest BCUT2D eigenvalue weighted by molar-refractivity contribution is 5.89. The first-order chi connectivity index (χ1) is 17.3. The van der Waals surface area contributed by atoms with Crippen LogP contribution in [0.4, 0.5) is 0 Å². The molecule has 2 aromatic rings. The second-order valence-electron chi connectivity index (χ2n) is 8.35. The van der Waals surface area contributed by atoms with Gasteiger partial charge in [0.2, 0.25) is 0 Å². The van der Waals surface area contributed by atoms with E-state index < -0.39 is 0 Å². The molecule has 0 heterocycles. The van der Waals surface area contributed by atoms with Gasteiger partial charge in [0.25, 0.3) is 0 Å². The van der Waals surface area contributed by atoms with Gasteiger partial charge in [0.15, 0.2) is 0 Å². The van der Waals surface area contributed by atoms with Gasteiger partial charge in [-0.05, 0) is 42.7 Å². The van der Waals surface area contributed by atoms with E-state index in [-0.39, 0.29) is 12.6 Å². The lowest BCUT2D eigenvalue weighted by Gasteiger charge is -2.09. The Kier molecular flexibility index (Phi) is 16.3. The van der Waals surface area contributed by atoms with E-state index in [1.807, 2.05) is 18.2 Å². The highest BCUT2D eigenvalue weighted by atomic mass is 16.6. The lowest BCUT2D eigenvalue weighted by atomic mass is 10.0. The fourth-order valence-electron chi connectivity index (χ4n) is 3.47. The van der Waals surface area contributed by atoms with Gasteiger partial charge in [0.1, 0.15) is 19.0 Å². The zero-order valence-corrected chi connectivity index (χ0v) is 21.3. The number of benzene rings is 2. The minimum Gasteiger partial charge on any atom is -0.491 e. The zero-order chi connectivity index (χ0) is 24.8. The quantitative estimate of drug-likeness (QED) is 0.162. The molecule has 2 aromatic carbocycles. The van der Waals surface area contributed by atoms with E-state index in [9.17, 15) is 4.79 Å². The molecule has 0 aliphatic heterocycles. The van der Waals surface area contributed by atoms with Crippen LogP contribution in [0.1, 0.15) is 61.4 Å². The molecule has 0 N–H and O–H groups in total. The monoisotopic (exact) mass is 486 g/mol. The summed E-state index contributed by atoms with van der Waals surface area (Å²) in [6, 6.07) is 17.3. The number of rotatable bonds is 21. The van der Waals surface area contributed by atoms with Crippen LogP contribution in [0.2, 0.25) is 0 Å². The maximum absolute atomic E-state index is 11.8. The molecule has 0 radical (unpaired) electrons. The fraction of sp³-hybridized carbons (Fsp3) is 0.552. The van der Waals surface area contributed by atoms with E-state index in [4.69, 9.17) is 23.7 Å². The maximum Gasteiger partial charge on any atom is 0.338 e. The average Bonchev–Trinajstić information content (AvgIpc) is 2.90. The largest absolute Gasteiger partial charge is 0.491 e. The van der Waals surface area contributed by atoms with Gasteiger partial charge in [-0.3, -0.25) is 0 Å². The molecule has 0 bridgehead atoms. The molecule has 6 nitrogen and oxygen atoms in total. The van der Waals surface area contributed by atoms with Crippen LogP contribution in [-0.4, -0.2) is 58.8 Å². The number of hydrogen-bond acceptors (Lipinski definition) is 6. The van der Waals surface area contributed by atoms with Crippen LogP contribution in [0, 0.1) is 0 Å². The Morgan fingerprint density at radius 2 is 1.20 bits per heavy atom. The lowest BCUT2D eigenvalue weighted by Crippen LogP contribution is -2.15. The van der Waals surface area contributed by atoms with Crippen molar-refractivity contribution in [3.8, 4) is 5.75 Å². The van der Waals surface area contributed by atoms with Gasteiger partial charge in [-0.15, -0.1) is 0 Å². The van der Waals surface area contributed by atoms with Crippen molar-refractivity contribution >= 4 is 5.97 Å². The number of carbonyl (C=O) groups excluding carboxylic acids is 1. The van der Waals surface area contributed by atoms with Crippen LogP contribution in [0.25, 0.3) is 0 Å². The molecule has 0 aliphatic rings. The van der Waals surface area contributed by atoms with Crippen molar-refractivity contribution in [2.24, 2.45) is 0 Å². The molecule has 0 unspecified atom stereocenters. The molecule has 194 valence electrons. The van der Waals surface area contributed by atoms with Crippen LogP contribution in [-0.2, 0) is 25.4 Å². The Bertz CT molecular complexity index is 763. The second-order valence-corrected chi connectivity index (χ2v) is 8.35. The summed E-state index contributed by atoms with van der Waals surface area (Å²) < 4.78 is 27.3. The predicted octanol–water partition coefficient (Wildman–Crippen LogP) is 5.88. The summed E-state index contributed by atoms with van der Waals surface area (Å²) >= 11 is 0. The number of hydrogen-bond donors (Lipinski definition) is 0. The molecule has 0 fully saturated rings. The van der Waals surface area contributed by atoms with Gasteiger partial charge in [0, 0.05) is 0 Å². The van der Waals surface area contributed by atoms with E-state index in [0.717, 1.165) is 12.2 Å². The lowest BCUT2D eigenvalue weighted by molar-refractivity contribution is -0.00222. The first-order valence-corrected chi connectivity index (χ1v) is 13.0. The summed E-state index contributed by atoms with van der Waals surface area (Å²) in [5, 5.41) is 0. The third kappa shape index (κ3) is 14.6. The minimum atomic E-state index is -0.341. The molecule has 0 aromatic heterocycles. The summed E-state index contributed by atoms with van der Waals surface area (Å²) in [5.41, 5.74) is 1.91. The topological polar surface area (TPSA) is 63.2 Å². The molecule has 0 spiro atoms. The molecular formula is C29H42O6. The predicted molar refractivity (Wildman–Crippen MR) is 138 cm³/mol. The van der Waals surface area contributed by atoms with Crippen molar-refractivity contribution < 1.29 is 28.5 Å². The van der Waals surface area contributed by atoms with Crippen LogP contribution in [0.3, 0.4) is 0 Å². The van der Waals surface area contributed by atoms with Crippen molar-refractivity contribution in [1.82, 2.24) is 0 Å². The molecule has 0 amide bonds. The zero-order valence-electron chi connectivity index (χ0n) is 21.3. The Labute approximate surface area is 210 Å². The molecular weight excluding hydrogens is 444 g/mol. The third-order valence-electron chi connectivity index (χ3n) is 5.45. The second kappa shape index (κ2) is 19.8. The summed E-state index contributed by atoms with van der Waals surface area (Å²) in [5.74, 6) is 0.537. The van der Waals surface area contributed by atoms with E-state index in [1.54, 1.807) is 24.3 Å². The standard InChI is InChI=1S/C29H42O6/c1-2-3-4-5-6-8-11-26-14-16-28(17-15-26)34-24-22-32-20-18-31-19-21-33-23-25-35-29(30)27-12-9-7-10-13-27/h7,9-10,12-17H,2-6,8,11,18-25H2,1H3. The van der Waals surface area contributed by atoms with Crippen molar-refractivity contribution in [3.05, 3.63) is 65.7 Å². The molecule has 35 heavy (non-hydrogen) atoms. The molecule has 6 heteroatoms. The minimum absolute atomic E-state index is 0.221. The molecule has 0 saturated carbocycles. The maximum atomic E-state index is 11.8. The van der Waals surface area contributed by atoms with Crippen molar-refractivity contribution in [3.63, 3.8) is 0 Å². The van der Waals surface area contributed by atoms with Gasteiger partial charge in [-0.1, -0.05) is 69.4 Å². The van der Waals surface area contributed by atoms with Crippen molar-refractivity contribution in [2.75, 3.05) is 52.9 Å². The Morgan fingerprint density at radius 1 is 0.629 bits per heavy atom. The van der Waals surface area contributed by atoms with Crippen molar-refractivity contribution in [2.45, 2.75) is 51.9 Å². The summed E-state index contributed by atoms with van der Waals surface area (Å²) in [7, 11) is 0. The number of ether oxygens (including phenoxy) is 5. The van der Waals surface area contributed by atoms with Crippen LogP contribution >= 0.6 is 0 Å². The van der Waals surface area contributed by atoms with Crippen LogP contribution < -0.4 is 4.74 Å². The van der Waals surface area contributed by atoms with E-state index in [1.165, 1.54) is 44.1 Å². The van der Waals surface area contributed by atoms with E-state index in [2.05, 4.69) is 19.1 Å². The van der Waals surface area contributed by atoms with Crippen molar-refractivity contribution in [1.29, 1.82) is 0 Å². The van der Waals surface area contributed by atoms with Gasteiger partial charge in [0.05, 0.1) is 45.2 Å². The van der Waals surface area contributed by atoms with Crippen LogP contribution in [0.15, 0.2) is 54.6 Å². The SMILES string of the molecule is CCCCCCCCc1ccc(OCCOCCOCCOCCOC(=O)c2ccccc2)cc1. The van der Waals surface area contributed by atoms with E-state index >= 15 is 0 Å². The number of unbranched alkanes of at least 4 members (excludes halogenated alkanes) is 5. The third-order valence-corrected chi connectivity index (χ3v) is 5.45. The summed E-state index contributed by atoms with van der Waals surface area (Å²) in [4.78, 5) is 11.8. The summed E-state index contributed by atoms with van der Waals surface area (Å²) in [6.07, 6.45) is 9.09. The number of aryl methyl sites for hydroxylation is 1. The normalized spacial score (nSPS) is 10.9. The Morgan fingerprint density at radius 3 is 1.86 bits per heavy atom. The van der Waals surface area contributed by atoms with Gasteiger partial charge in [-0.25, -0.2) is 4.79 Å². The first-order valence-electron chi connectivity index (χ1n) is 13.0. The van der Waals surface area contributed by atoms with Gasteiger partial charge in [-0.2, -0.15) is 0 Å². The van der Waals surface area contributed by atoms with Crippen LogP contribution in [0.5, 0.6) is 5.75 Å². The average molecular weight is 487 g/mol. The molecule has 0 atom stereocenters. The first kappa shape index (κ1) is 28.8. The highest BCUT2D eigenvalue weighted by Crippen LogP contribution is 2.15. The molecule has 0 aliphatic carbocycles. The number of carbonyl (C=O) groups is 1. The Balaban J connectivity index is 1.34. The van der Waals surface area contributed by atoms with Gasteiger partial charge < -0.3 is 23.7 Å².